The van der Waals surface area contributed by atoms with Gasteiger partial charge in [-0.2, -0.15) is 0 Å². The van der Waals surface area contributed by atoms with Crippen LogP contribution >= 0.6 is 15.9 Å². The number of nitro groups is 1. The van der Waals surface area contributed by atoms with Crippen LogP contribution in [0.3, 0.4) is 0 Å². The van der Waals surface area contributed by atoms with Crippen LogP contribution in [0.5, 0.6) is 0 Å². The molecule has 220 valence electrons. The molecule has 2 aromatic rings. The molecule has 1 unspecified atom stereocenters. The van der Waals surface area contributed by atoms with Crippen LogP contribution in [0.1, 0.15) is 71.4 Å². The van der Waals surface area contributed by atoms with E-state index in [9.17, 15) is 24.5 Å². The molecule has 3 aliphatic rings. The van der Waals surface area contributed by atoms with Gasteiger partial charge in [0.15, 0.2) is 0 Å². The van der Waals surface area contributed by atoms with E-state index in [2.05, 4.69) is 26.2 Å². The summed E-state index contributed by atoms with van der Waals surface area (Å²) < 4.78 is 30.8. The first-order chi connectivity index (χ1) is 19.4. The fraction of sp³-hybridized carbons (Fsp3) is 0.536. The zero-order chi connectivity index (χ0) is 29.5. The fourth-order valence-electron chi connectivity index (χ4n) is 6.47. The quantitative estimate of drug-likeness (QED) is 0.347. The van der Waals surface area contributed by atoms with E-state index in [1.807, 2.05) is 0 Å². The number of hydrogen-bond donors (Lipinski definition) is 2. The number of H-pyrrole nitrogens is 1. The lowest BCUT2D eigenvalue weighted by molar-refractivity contribution is -0.384. The molecule has 5 rings (SSSR count). The van der Waals surface area contributed by atoms with Crippen molar-refractivity contribution in [3.63, 3.8) is 0 Å². The standard InChI is InChI=1S/C28H32BrF2N5O5/c1-17-11-18(12-23(37)32-17)25(38)35-15-22(28(30,31)16-35)33-24-20(13-19(29)14-21(24)36(40)41)26(39)34-9-7-27(8-10-34)5-3-2-4-6-27/h11-14,22,33H,2-10,15-16H2,1H3,(H,32,37). The largest absolute Gasteiger partial charge is 0.369 e. The number of piperidine rings is 1. The summed E-state index contributed by atoms with van der Waals surface area (Å²) in [5.41, 5.74) is -0.826. The van der Waals surface area contributed by atoms with Crippen LogP contribution in [0.15, 0.2) is 33.5 Å². The van der Waals surface area contributed by atoms with Crippen molar-refractivity contribution < 1.29 is 23.3 Å². The third-order valence-electron chi connectivity index (χ3n) is 8.68. The van der Waals surface area contributed by atoms with Crippen molar-refractivity contribution in [1.82, 2.24) is 14.8 Å². The smallest absolute Gasteiger partial charge is 0.294 e. The number of carbonyl (C=O) groups excluding carboxylic acids is 2. The van der Waals surface area contributed by atoms with Gasteiger partial charge in [0, 0.05) is 47.5 Å². The SMILES string of the molecule is Cc1cc(C(=O)N2CC(Nc3c(C(=O)N4CCC5(CCCCC5)CC4)cc(Br)cc3[N+](=O)[O-])C(F)(F)C2)cc(=O)[nH]1. The summed E-state index contributed by atoms with van der Waals surface area (Å²) >= 11 is 3.23. The summed E-state index contributed by atoms with van der Waals surface area (Å²) in [6.07, 6.45) is 7.53. The molecule has 3 heterocycles. The van der Waals surface area contributed by atoms with E-state index in [-0.39, 0.29) is 26.7 Å². The Morgan fingerprint density at radius 3 is 2.37 bits per heavy atom. The van der Waals surface area contributed by atoms with Crippen molar-refractivity contribution in [2.24, 2.45) is 5.41 Å². The lowest BCUT2D eigenvalue weighted by Gasteiger charge is -2.44. The van der Waals surface area contributed by atoms with Crippen molar-refractivity contribution in [3.05, 3.63) is 66.0 Å². The number of amides is 2. The molecule has 2 saturated heterocycles. The van der Waals surface area contributed by atoms with Crippen LogP contribution in [0.2, 0.25) is 0 Å². The number of likely N-dealkylation sites (tertiary alicyclic amines) is 2. The zero-order valence-corrected chi connectivity index (χ0v) is 24.3. The van der Waals surface area contributed by atoms with Crippen molar-refractivity contribution in [2.75, 3.05) is 31.5 Å². The molecule has 1 aromatic carbocycles. The molecule has 1 aliphatic carbocycles. The second-order valence-corrected chi connectivity index (χ2v) is 12.4. The number of nitrogens with zero attached hydrogens (tertiary/aromatic N) is 3. The van der Waals surface area contributed by atoms with Gasteiger partial charge < -0.3 is 20.1 Å². The molecule has 1 saturated carbocycles. The van der Waals surface area contributed by atoms with Gasteiger partial charge in [-0.25, -0.2) is 8.78 Å². The average molecular weight is 636 g/mol. The minimum Gasteiger partial charge on any atom is -0.369 e. The molecule has 1 aromatic heterocycles. The summed E-state index contributed by atoms with van der Waals surface area (Å²) in [5, 5.41) is 14.6. The highest BCUT2D eigenvalue weighted by molar-refractivity contribution is 9.10. The highest BCUT2D eigenvalue weighted by atomic mass is 79.9. The van der Waals surface area contributed by atoms with Gasteiger partial charge in [-0.3, -0.25) is 24.5 Å². The van der Waals surface area contributed by atoms with Crippen molar-refractivity contribution in [1.29, 1.82) is 0 Å². The van der Waals surface area contributed by atoms with Gasteiger partial charge in [-0.15, -0.1) is 0 Å². The molecular formula is C28H32BrF2N5O5. The third-order valence-corrected chi connectivity index (χ3v) is 9.14. The molecule has 0 radical (unpaired) electrons. The maximum Gasteiger partial charge on any atom is 0.294 e. The number of rotatable bonds is 5. The number of aromatic nitrogens is 1. The first-order valence-electron chi connectivity index (χ1n) is 13.8. The molecule has 2 aliphatic heterocycles. The predicted molar refractivity (Wildman–Crippen MR) is 152 cm³/mol. The summed E-state index contributed by atoms with van der Waals surface area (Å²) in [5.74, 6) is -4.68. The number of aryl methyl sites for hydroxylation is 1. The zero-order valence-electron chi connectivity index (χ0n) is 22.7. The Morgan fingerprint density at radius 1 is 1.05 bits per heavy atom. The number of pyridine rings is 1. The lowest BCUT2D eigenvalue weighted by atomic mass is 9.68. The Bertz CT molecular complexity index is 1430. The number of nitrogens with one attached hydrogen (secondary N) is 2. The van der Waals surface area contributed by atoms with Crippen molar-refractivity contribution in [2.45, 2.75) is 63.8 Å². The third kappa shape index (κ3) is 6.00. The maximum absolute atomic E-state index is 15.3. The minimum atomic E-state index is -3.47. The van der Waals surface area contributed by atoms with Gasteiger partial charge in [0.25, 0.3) is 23.4 Å². The minimum absolute atomic E-state index is 0.0333. The topological polar surface area (TPSA) is 129 Å². The van der Waals surface area contributed by atoms with Gasteiger partial charge >= 0.3 is 0 Å². The van der Waals surface area contributed by atoms with Gasteiger partial charge in [-0.1, -0.05) is 35.2 Å². The van der Waals surface area contributed by atoms with Crippen LogP contribution in [0, 0.1) is 22.5 Å². The Kier molecular flexibility index (Phi) is 7.92. The van der Waals surface area contributed by atoms with Gasteiger partial charge in [0.1, 0.15) is 11.7 Å². The molecule has 2 amide bonds. The molecule has 1 atom stereocenters. The summed E-state index contributed by atoms with van der Waals surface area (Å²) in [7, 11) is 0. The fourth-order valence-corrected chi connectivity index (χ4v) is 6.91. The van der Waals surface area contributed by atoms with Crippen LogP contribution in [-0.2, 0) is 0 Å². The number of alkyl halides is 2. The molecule has 2 N–H and O–H groups in total. The Morgan fingerprint density at radius 2 is 1.73 bits per heavy atom. The number of nitro benzene ring substituents is 1. The first-order valence-corrected chi connectivity index (χ1v) is 14.6. The molecule has 41 heavy (non-hydrogen) atoms. The number of halogens is 3. The monoisotopic (exact) mass is 635 g/mol. The second kappa shape index (κ2) is 11.1. The van der Waals surface area contributed by atoms with Crippen LogP contribution in [0.25, 0.3) is 0 Å². The van der Waals surface area contributed by atoms with Gasteiger partial charge in [0.05, 0.1) is 17.0 Å². The van der Waals surface area contributed by atoms with E-state index in [0.29, 0.717) is 18.8 Å². The second-order valence-electron chi connectivity index (χ2n) is 11.5. The normalized spacial score (nSPS) is 21.6. The Labute approximate surface area is 243 Å². The van der Waals surface area contributed by atoms with E-state index in [1.54, 1.807) is 11.8 Å². The molecular weight excluding hydrogens is 604 g/mol. The maximum atomic E-state index is 15.3. The number of anilines is 1. The molecule has 1 spiro atoms. The number of benzene rings is 1. The van der Waals surface area contributed by atoms with Gasteiger partial charge in [-0.05, 0) is 50.2 Å². The highest BCUT2D eigenvalue weighted by Crippen LogP contribution is 2.45. The predicted octanol–water partition coefficient (Wildman–Crippen LogP) is 5.11. The Hall–Kier alpha value is -3.35. The van der Waals surface area contributed by atoms with Crippen LogP contribution in [0.4, 0.5) is 20.2 Å². The molecule has 13 heteroatoms. The highest BCUT2D eigenvalue weighted by Gasteiger charge is 2.51. The van der Waals surface area contributed by atoms with E-state index >= 15 is 8.78 Å². The van der Waals surface area contributed by atoms with E-state index in [0.717, 1.165) is 36.6 Å². The summed E-state index contributed by atoms with van der Waals surface area (Å²) in [4.78, 5) is 54.9. The first kappa shape index (κ1) is 29.2. The lowest BCUT2D eigenvalue weighted by Crippen LogP contribution is -2.44. The van der Waals surface area contributed by atoms with Crippen molar-refractivity contribution in [3.8, 4) is 0 Å². The van der Waals surface area contributed by atoms with E-state index in [4.69, 9.17) is 0 Å². The molecule has 3 fully saturated rings. The van der Waals surface area contributed by atoms with E-state index in [1.165, 1.54) is 37.5 Å². The van der Waals surface area contributed by atoms with Gasteiger partial charge in [0.2, 0.25) is 5.56 Å². The van der Waals surface area contributed by atoms with E-state index < -0.39 is 53.0 Å². The summed E-state index contributed by atoms with van der Waals surface area (Å²) in [6, 6.07) is 3.32. The number of hydrogen-bond acceptors (Lipinski definition) is 6. The van der Waals surface area contributed by atoms with Crippen LogP contribution in [-0.4, -0.2) is 69.7 Å². The summed E-state index contributed by atoms with van der Waals surface area (Å²) in [6.45, 7) is 1.14. The average Bonchev–Trinajstić information content (AvgIpc) is 3.22. The molecule has 0 bridgehead atoms. The number of carbonyl (C=O) groups is 2. The molecule has 10 nitrogen and oxygen atoms in total. The Balaban J connectivity index is 1.41. The number of aromatic amines is 1. The van der Waals surface area contributed by atoms with Crippen molar-refractivity contribution >= 4 is 39.1 Å². The van der Waals surface area contributed by atoms with Crippen LogP contribution < -0.4 is 10.9 Å².